The van der Waals surface area contributed by atoms with Gasteiger partial charge in [-0.1, -0.05) is 95.5 Å². The van der Waals surface area contributed by atoms with E-state index in [4.69, 9.17) is 63.7 Å². The molecule has 0 unspecified atom stereocenters. The number of hydrogen-bond donors (Lipinski definition) is 8. The largest absolute Gasteiger partial charge is 0.495 e. The van der Waals surface area contributed by atoms with Crippen LogP contribution in [-0.2, 0) is 23.7 Å². The number of sulfonamides is 1. The Morgan fingerprint density at radius 1 is 0.508 bits per heavy atom. The Morgan fingerprint density at radius 2 is 0.921 bits per heavy atom. The molecule has 126 heavy (non-hydrogen) atoms. The van der Waals surface area contributed by atoms with Gasteiger partial charge in [0, 0.05) is 127 Å². The molecule has 4 fully saturated rings. The molecule has 4 saturated heterocycles. The van der Waals surface area contributed by atoms with E-state index in [-0.39, 0.29) is 30.7 Å². The lowest BCUT2D eigenvalue weighted by Gasteiger charge is -2.56. The van der Waals surface area contributed by atoms with E-state index >= 15 is 0 Å². The van der Waals surface area contributed by atoms with Crippen molar-refractivity contribution in [3.05, 3.63) is 184 Å². The van der Waals surface area contributed by atoms with E-state index in [1.165, 1.54) is 56.2 Å². The molecule has 666 valence electrons. The summed E-state index contributed by atoms with van der Waals surface area (Å²) in [5, 5.41) is 39.1. The van der Waals surface area contributed by atoms with Crippen LogP contribution in [0.25, 0.3) is 31.6 Å². The second-order valence-corrected chi connectivity index (χ2v) is 47.5. The van der Waals surface area contributed by atoms with E-state index < -0.39 is 31.4 Å². The van der Waals surface area contributed by atoms with Crippen molar-refractivity contribution in [2.75, 3.05) is 188 Å². The molecular weight excluding hydrogens is 1750 g/mol. The van der Waals surface area contributed by atoms with Gasteiger partial charge >= 0.3 is 0 Å². The van der Waals surface area contributed by atoms with Crippen molar-refractivity contribution in [2.45, 2.75) is 59.4 Å². The van der Waals surface area contributed by atoms with E-state index in [2.05, 4.69) is 128 Å². The molecule has 0 saturated carbocycles. The number of nitrogens with one attached hydrogen (secondary N) is 7. The summed E-state index contributed by atoms with van der Waals surface area (Å²) in [4.78, 5) is 37.0. The molecule has 4 aliphatic rings. The number of halogens is 3. The topological polar surface area (TPSA) is 317 Å². The molecule has 27 nitrogen and oxygen atoms in total. The summed E-state index contributed by atoms with van der Waals surface area (Å²) in [6.45, 7) is 29.4. The van der Waals surface area contributed by atoms with E-state index in [9.17, 15) is 27.2 Å². The maximum Gasteiger partial charge on any atom is 0.229 e. The molecule has 35 heteroatoms. The summed E-state index contributed by atoms with van der Waals surface area (Å²) in [6, 6.07) is 43.5. The third kappa shape index (κ3) is 21.7. The number of methoxy groups -OCH3 is 3. The van der Waals surface area contributed by atoms with Crippen LogP contribution in [0, 0.1) is 24.7 Å². The Morgan fingerprint density at radius 3 is 1.33 bits per heavy atom. The summed E-state index contributed by atoms with van der Waals surface area (Å²) in [6.07, 6.45) is 10.4. The fourth-order valence-corrected chi connectivity index (χ4v) is 23.4. The van der Waals surface area contributed by atoms with E-state index in [1.54, 1.807) is 96.1 Å². The minimum atomic E-state index is -3.30. The highest BCUT2D eigenvalue weighted by Gasteiger charge is 2.47. The van der Waals surface area contributed by atoms with Gasteiger partial charge in [-0.3, -0.25) is 9.80 Å². The number of aliphatic hydroxyl groups is 1. The number of aliphatic hydroxyl groups excluding tert-OH is 1. The number of fused-ring (bicyclic) bond motifs is 3. The number of nitrogens with zero attached hydrogens (tertiary/aromatic N) is 10. The highest BCUT2D eigenvalue weighted by atomic mass is 35.5. The smallest absolute Gasteiger partial charge is 0.229 e. The van der Waals surface area contributed by atoms with Crippen molar-refractivity contribution >= 4 is 206 Å². The van der Waals surface area contributed by atoms with Crippen LogP contribution in [0.5, 0.6) is 23.0 Å². The lowest BCUT2D eigenvalue weighted by molar-refractivity contribution is -0.0380. The lowest BCUT2D eigenvalue weighted by atomic mass is 9.71. The molecule has 0 amide bonds. The highest BCUT2D eigenvalue weighted by Crippen LogP contribution is 2.50. The molecule has 0 atom stereocenters. The number of aromatic nitrogens is 6. The van der Waals surface area contributed by atoms with Crippen molar-refractivity contribution < 1.29 is 46.2 Å². The maximum absolute atomic E-state index is 13.4. The summed E-state index contributed by atoms with van der Waals surface area (Å²) >= 11 is 21.2. The Balaban J connectivity index is 0.000000154. The molecule has 8 heterocycles. The van der Waals surface area contributed by atoms with Gasteiger partial charge in [-0.25, -0.2) is 28.1 Å². The number of benzene rings is 8. The zero-order chi connectivity index (χ0) is 89.8. The normalized spacial score (nSPS) is 15.3. The van der Waals surface area contributed by atoms with Crippen molar-refractivity contribution in [1.82, 2.24) is 44.4 Å². The number of ether oxygens (including phenoxy) is 4. The lowest BCUT2D eigenvalue weighted by Crippen LogP contribution is -2.62. The van der Waals surface area contributed by atoms with Crippen LogP contribution in [-0.4, -0.2) is 206 Å². The van der Waals surface area contributed by atoms with E-state index in [1.807, 2.05) is 96.4 Å². The van der Waals surface area contributed by atoms with E-state index in [0.29, 0.717) is 95.9 Å². The van der Waals surface area contributed by atoms with Crippen molar-refractivity contribution in [3.8, 4) is 23.0 Å². The van der Waals surface area contributed by atoms with Crippen molar-refractivity contribution in [2.24, 2.45) is 10.8 Å². The first-order chi connectivity index (χ1) is 60.0. The van der Waals surface area contributed by atoms with Gasteiger partial charge in [-0.15, -0.1) is 11.3 Å². The van der Waals surface area contributed by atoms with Crippen molar-refractivity contribution in [1.29, 1.82) is 0 Å². The number of piperidine rings is 2. The highest BCUT2D eigenvalue weighted by molar-refractivity contribution is 7.88. The molecule has 0 bridgehead atoms. The Bertz CT molecular complexity index is 6290. The monoisotopic (exact) mass is 1860 g/mol. The van der Waals surface area contributed by atoms with Gasteiger partial charge in [0.1, 0.15) is 66.1 Å². The fraction of sp³-hybridized carbons (Fsp3) is 0.363. The third-order valence-corrected chi connectivity index (χ3v) is 30.5. The Hall–Kier alpha value is -9.57. The number of β-amino-alcohol motifs (C(OH)–C–C–N with tert-alkyl or cyclic N) is 1. The van der Waals surface area contributed by atoms with E-state index in [0.717, 1.165) is 136 Å². The molecular formula is C91H109Cl3N17O10P3S2. The zero-order valence-corrected chi connectivity index (χ0v) is 79.9. The molecule has 8 N–H and O–H groups in total. The van der Waals surface area contributed by atoms with Gasteiger partial charge in [0.2, 0.25) is 27.9 Å². The second kappa shape index (κ2) is 38.8. The van der Waals surface area contributed by atoms with Gasteiger partial charge in [0.15, 0.2) is 17.5 Å². The average molecular weight is 1860 g/mol. The van der Waals surface area contributed by atoms with Crippen LogP contribution in [0.4, 0.5) is 80.8 Å². The average Bonchev–Trinajstić information content (AvgIpc) is 0.978. The van der Waals surface area contributed by atoms with Gasteiger partial charge < -0.3 is 79.4 Å². The molecule has 0 aliphatic carbocycles. The molecule has 4 aromatic heterocycles. The van der Waals surface area contributed by atoms with Crippen LogP contribution in [0.1, 0.15) is 50.7 Å². The Labute approximate surface area is 756 Å². The summed E-state index contributed by atoms with van der Waals surface area (Å²) in [5.41, 5.74) is 9.68. The number of likely N-dealkylation sites (tertiary alicyclic amines) is 2. The van der Waals surface area contributed by atoms with Crippen LogP contribution in [0.2, 0.25) is 15.1 Å². The first-order valence-corrected chi connectivity index (χ1v) is 53.3. The predicted octanol–water partition coefficient (Wildman–Crippen LogP) is 18.9. The number of aryl methyl sites for hydroxylation is 2. The van der Waals surface area contributed by atoms with Crippen molar-refractivity contribution in [3.63, 3.8) is 0 Å². The first-order valence-electron chi connectivity index (χ1n) is 41.6. The minimum Gasteiger partial charge on any atom is -0.495 e. The molecule has 0 radical (unpaired) electrons. The number of anilines is 14. The maximum atomic E-state index is 13.4. The van der Waals surface area contributed by atoms with Gasteiger partial charge in [-0.2, -0.15) is 15.0 Å². The second-order valence-electron chi connectivity index (χ2n) is 34.1. The summed E-state index contributed by atoms with van der Waals surface area (Å²) < 4.78 is 88.8. The number of rotatable bonds is 28. The number of thiophene rings is 1. The minimum absolute atomic E-state index is 0.127. The van der Waals surface area contributed by atoms with Crippen LogP contribution in [0.15, 0.2) is 157 Å². The van der Waals surface area contributed by atoms with Gasteiger partial charge in [0.25, 0.3) is 0 Å². The third-order valence-electron chi connectivity index (χ3n) is 23.4. The summed E-state index contributed by atoms with van der Waals surface area (Å²) in [5.74, 6) is 4.58. The van der Waals surface area contributed by atoms with Crippen LogP contribution >= 0.6 is 67.6 Å². The summed E-state index contributed by atoms with van der Waals surface area (Å²) in [7, 11) is -6.38. The standard InChI is InChI=1S/C33H40ClN6O3P.C32H40ClN6O2PS.C26H29ClN5O5PS/c1-22-17-27(29(43-2)18-28(22)40-13-11-33(12-14-40)20-39(21-33)15-16-41)37-32-35-19-25(34)31(38-32)36-26-10-9-23-7-5-6-8-24(23)30(26)44(3,4)42;1-20(2)39-18-32(19-39)10-12-38(13-11-32)26-16-27(41-4)25(15-21(26)3)36-31-34-17-23(33)30(37-31)35-24-7-8-28-22(9-14-43-28)29(24)42(5,6)40;1-36-23-12-10-18(37-14-13-29-39(4,34)35)15-22(23)31-26-28-16-20(27)25(32-26)30-21-11-9-17-7-5-6-8-19(17)24(21)38(2,3)33/h5-10,17-19,41H,11-16,20-21H2,1-4H3,(H2,35,36,37,38);7-9,14-17,20H,10-13,18-19H2,1-6H3,(H2,34,35,36,37);5-12,15-16,29H,13-14H2,1-4H3,(H2,28,30,31,32). The first kappa shape index (κ1) is 92.6. The molecule has 8 aromatic carbocycles. The van der Waals surface area contributed by atoms with Crippen LogP contribution in [0.3, 0.4) is 0 Å². The SMILES string of the molecule is COc1cc(N2CCC3(CC2)CN(C(C)C)C3)c(C)cc1Nc1ncc(Cl)c(Nc2ccc3sccc3c2P(C)(C)=O)n1.COc1cc(N2CCC3(CC2)CN(CCO)C3)c(C)cc1Nc1ncc(Cl)c(Nc2ccc3ccccc3c2P(C)(C)=O)n1.COc1ccc(OCCNS(C)(=O)=O)cc1Nc1ncc(Cl)c(Nc2ccc3ccccc3c2P(C)(C)=O)n1. The molecule has 16 rings (SSSR count). The van der Waals surface area contributed by atoms with Crippen LogP contribution < -0.4 is 81.3 Å². The zero-order valence-electron chi connectivity index (χ0n) is 73.3. The quantitative estimate of drug-likeness (QED) is 0.0167. The van der Waals surface area contributed by atoms with Gasteiger partial charge in [0.05, 0.1) is 86.9 Å². The molecule has 4 aliphatic heterocycles. The predicted molar refractivity (Wildman–Crippen MR) is 523 cm³/mol. The Kier molecular flexibility index (Phi) is 28.5. The van der Waals surface area contributed by atoms with Gasteiger partial charge in [-0.05, 0) is 197 Å². The molecule has 2 spiro atoms. The number of hydrogen-bond acceptors (Lipinski definition) is 27. The molecule has 12 aromatic rings. The fourth-order valence-electron chi connectivity index (χ4n) is 17.2.